The van der Waals surface area contributed by atoms with Gasteiger partial charge in [0.05, 0.1) is 18.6 Å². The van der Waals surface area contributed by atoms with Crippen LogP contribution in [0.4, 0.5) is 0 Å². The van der Waals surface area contributed by atoms with Crippen molar-refractivity contribution in [2.24, 2.45) is 0 Å². The molecular weight excluding hydrogens is 184 g/mol. The first-order chi connectivity index (χ1) is 5.38. The maximum atomic E-state index is 10.4. The Morgan fingerprint density at radius 3 is 2.50 bits per heavy atom. The molecule has 0 aliphatic carbocycles. The lowest BCUT2D eigenvalue weighted by Crippen LogP contribution is -2.33. The van der Waals surface area contributed by atoms with E-state index in [1.165, 1.54) is 0 Å². The summed E-state index contributed by atoms with van der Waals surface area (Å²) in [5.41, 5.74) is 0. The molecular formula is C5H10N2O4S. The fourth-order valence-corrected chi connectivity index (χ4v) is 0.921. The smallest absolute Gasteiger partial charge is 0.335 e. The summed E-state index contributed by atoms with van der Waals surface area (Å²) in [5, 5.41) is 17.1. The van der Waals surface area contributed by atoms with Gasteiger partial charge in [0.15, 0.2) is 0 Å². The van der Waals surface area contributed by atoms with Gasteiger partial charge in [-0.2, -0.15) is 18.0 Å². The molecule has 0 rings (SSSR count). The highest BCUT2D eigenvalue weighted by molar-refractivity contribution is 7.83. The predicted molar refractivity (Wildman–Crippen MR) is 40.4 cm³/mol. The summed E-state index contributed by atoms with van der Waals surface area (Å²) in [6.45, 7) is -0.285. The second-order valence-electron chi connectivity index (χ2n) is 2.27. The predicted octanol–water partition coefficient (Wildman–Crippen LogP) is -1.00. The van der Waals surface area contributed by atoms with E-state index in [1.54, 1.807) is 6.07 Å². The van der Waals surface area contributed by atoms with E-state index in [1.807, 2.05) is 0 Å². The van der Waals surface area contributed by atoms with Crippen LogP contribution in [0.1, 0.15) is 6.42 Å². The Hall–Kier alpha value is -0.680. The summed E-state index contributed by atoms with van der Waals surface area (Å²) < 4.78 is 29.7. The summed E-state index contributed by atoms with van der Waals surface area (Å²) in [7, 11) is -3.15. The monoisotopic (exact) mass is 194 g/mol. The molecule has 0 radical (unpaired) electrons. The van der Waals surface area contributed by atoms with Gasteiger partial charge in [-0.05, 0) is 0 Å². The van der Waals surface area contributed by atoms with Crippen molar-refractivity contribution in [1.82, 2.24) is 4.31 Å². The molecule has 6 nitrogen and oxygen atoms in total. The topological polar surface area (TPSA) is 102 Å². The standard InChI is InChI=1S/C5H10N2O4S/c1-7(12(9,10)11)4-5(8)2-3-6/h5,8H,2,4H2,1H3,(H,9,10,11)/t5-/m0/s1. The van der Waals surface area contributed by atoms with Crippen molar-refractivity contribution in [3.05, 3.63) is 0 Å². The number of aliphatic hydroxyl groups is 1. The van der Waals surface area contributed by atoms with Crippen LogP contribution < -0.4 is 0 Å². The second kappa shape index (κ2) is 4.37. The molecule has 0 aromatic heterocycles. The molecule has 2 N–H and O–H groups in total. The van der Waals surface area contributed by atoms with Crippen LogP contribution in [0.3, 0.4) is 0 Å². The van der Waals surface area contributed by atoms with Gasteiger partial charge in [0.1, 0.15) is 0 Å². The Morgan fingerprint density at radius 2 is 2.17 bits per heavy atom. The minimum atomic E-state index is -4.25. The Morgan fingerprint density at radius 1 is 1.67 bits per heavy atom. The van der Waals surface area contributed by atoms with Crippen LogP contribution >= 0.6 is 0 Å². The van der Waals surface area contributed by atoms with Crippen molar-refractivity contribution in [1.29, 1.82) is 5.26 Å². The van der Waals surface area contributed by atoms with Crippen molar-refractivity contribution >= 4 is 10.3 Å². The van der Waals surface area contributed by atoms with Gasteiger partial charge in [-0.3, -0.25) is 4.55 Å². The second-order valence-corrected chi connectivity index (χ2v) is 3.79. The summed E-state index contributed by atoms with van der Waals surface area (Å²) in [6, 6.07) is 1.67. The normalized spacial score (nSPS) is 14.2. The molecule has 0 saturated heterocycles. The molecule has 0 amide bonds. The highest BCUT2D eigenvalue weighted by atomic mass is 32.2. The van der Waals surface area contributed by atoms with Crippen LogP contribution in [-0.4, -0.2) is 42.1 Å². The fourth-order valence-electron chi connectivity index (χ4n) is 0.561. The molecule has 0 aromatic rings. The maximum absolute atomic E-state index is 10.4. The summed E-state index contributed by atoms with van der Waals surface area (Å²) in [6.07, 6.45) is -1.23. The van der Waals surface area contributed by atoms with Gasteiger partial charge < -0.3 is 5.11 Å². The number of hydrogen-bond acceptors (Lipinski definition) is 4. The van der Waals surface area contributed by atoms with Gasteiger partial charge in [-0.1, -0.05) is 0 Å². The van der Waals surface area contributed by atoms with Crippen molar-refractivity contribution in [3.8, 4) is 6.07 Å². The van der Waals surface area contributed by atoms with E-state index in [9.17, 15) is 8.42 Å². The lowest BCUT2D eigenvalue weighted by Gasteiger charge is -2.14. The lowest BCUT2D eigenvalue weighted by molar-refractivity contribution is 0.153. The van der Waals surface area contributed by atoms with E-state index in [0.717, 1.165) is 7.05 Å². The Balaban J connectivity index is 4.04. The molecule has 0 aliphatic rings. The van der Waals surface area contributed by atoms with Crippen LogP contribution in [0.15, 0.2) is 0 Å². The quantitative estimate of drug-likeness (QED) is 0.558. The molecule has 7 heteroatoms. The Bertz CT molecular complexity index is 268. The van der Waals surface area contributed by atoms with E-state index in [-0.39, 0.29) is 13.0 Å². The third kappa shape index (κ3) is 4.25. The molecule has 0 unspecified atom stereocenters. The Kier molecular flexibility index (Phi) is 4.12. The third-order valence-corrected chi connectivity index (χ3v) is 2.13. The highest BCUT2D eigenvalue weighted by Crippen LogP contribution is 1.97. The van der Waals surface area contributed by atoms with E-state index < -0.39 is 16.4 Å². The number of rotatable bonds is 4. The zero-order valence-corrected chi connectivity index (χ0v) is 7.32. The molecule has 0 spiro atoms. The maximum Gasteiger partial charge on any atom is 0.335 e. The van der Waals surface area contributed by atoms with E-state index in [4.69, 9.17) is 14.9 Å². The highest BCUT2D eigenvalue weighted by Gasteiger charge is 2.16. The zero-order chi connectivity index (χ0) is 9.78. The molecule has 12 heavy (non-hydrogen) atoms. The van der Waals surface area contributed by atoms with E-state index >= 15 is 0 Å². The van der Waals surface area contributed by atoms with Crippen molar-refractivity contribution in [2.45, 2.75) is 12.5 Å². The van der Waals surface area contributed by atoms with Crippen molar-refractivity contribution in [2.75, 3.05) is 13.6 Å². The van der Waals surface area contributed by atoms with Crippen LogP contribution in [0.5, 0.6) is 0 Å². The van der Waals surface area contributed by atoms with Crippen molar-refractivity contribution in [3.63, 3.8) is 0 Å². The van der Waals surface area contributed by atoms with Crippen LogP contribution in [0.2, 0.25) is 0 Å². The minimum absolute atomic E-state index is 0.167. The first-order valence-electron chi connectivity index (χ1n) is 3.11. The van der Waals surface area contributed by atoms with Gasteiger partial charge in [-0.15, -0.1) is 0 Å². The third-order valence-electron chi connectivity index (χ3n) is 1.19. The van der Waals surface area contributed by atoms with Crippen LogP contribution in [0.25, 0.3) is 0 Å². The Labute approximate surface area is 70.9 Å². The molecule has 0 saturated carbocycles. The number of hydrogen-bond donors (Lipinski definition) is 2. The van der Waals surface area contributed by atoms with Crippen LogP contribution in [-0.2, 0) is 10.3 Å². The van der Waals surface area contributed by atoms with Gasteiger partial charge in [0.25, 0.3) is 0 Å². The molecule has 1 atom stereocenters. The van der Waals surface area contributed by atoms with E-state index in [0.29, 0.717) is 4.31 Å². The lowest BCUT2D eigenvalue weighted by atomic mass is 10.3. The van der Waals surface area contributed by atoms with Gasteiger partial charge in [0.2, 0.25) is 0 Å². The molecule has 70 valence electrons. The average molecular weight is 194 g/mol. The summed E-state index contributed by atoms with van der Waals surface area (Å²) >= 11 is 0. The van der Waals surface area contributed by atoms with Crippen LogP contribution in [0, 0.1) is 11.3 Å². The number of aliphatic hydroxyl groups excluding tert-OH is 1. The fraction of sp³-hybridized carbons (Fsp3) is 0.800. The van der Waals surface area contributed by atoms with Gasteiger partial charge in [0, 0.05) is 13.6 Å². The number of likely N-dealkylation sites (N-methyl/N-ethyl adjacent to an activating group) is 1. The van der Waals surface area contributed by atoms with Crippen molar-refractivity contribution < 1.29 is 18.1 Å². The first kappa shape index (κ1) is 11.3. The average Bonchev–Trinajstić information content (AvgIpc) is 1.85. The zero-order valence-electron chi connectivity index (χ0n) is 6.51. The number of nitrogens with zero attached hydrogens (tertiary/aromatic N) is 2. The molecule has 0 aromatic carbocycles. The SMILES string of the molecule is CN(C[C@@H](O)CC#N)S(=O)(=O)O. The summed E-state index contributed by atoms with van der Waals surface area (Å²) in [5.74, 6) is 0. The summed E-state index contributed by atoms with van der Waals surface area (Å²) in [4.78, 5) is 0. The largest absolute Gasteiger partial charge is 0.391 e. The van der Waals surface area contributed by atoms with E-state index in [2.05, 4.69) is 0 Å². The molecule has 0 bridgehead atoms. The molecule has 0 heterocycles. The minimum Gasteiger partial charge on any atom is -0.391 e. The molecule has 0 aliphatic heterocycles. The van der Waals surface area contributed by atoms with Gasteiger partial charge >= 0.3 is 10.3 Å². The molecule has 0 fully saturated rings. The van der Waals surface area contributed by atoms with Gasteiger partial charge in [-0.25, -0.2) is 0 Å². The first-order valence-corrected chi connectivity index (χ1v) is 4.51. The number of nitriles is 1.